The number of nitro benzene ring substituents is 1. The van der Waals surface area contributed by atoms with Crippen LogP contribution in [0.15, 0.2) is 18.2 Å². The van der Waals surface area contributed by atoms with Crippen LogP contribution in [0.1, 0.15) is 24.2 Å². The molecule has 1 saturated heterocycles. The van der Waals surface area contributed by atoms with Crippen molar-refractivity contribution >= 4 is 11.6 Å². The largest absolute Gasteiger partial charge is 0.502 e. The van der Waals surface area contributed by atoms with Crippen LogP contribution in [0, 0.1) is 22.0 Å². The summed E-state index contributed by atoms with van der Waals surface area (Å²) < 4.78 is 0. The van der Waals surface area contributed by atoms with E-state index in [9.17, 15) is 20.0 Å². The Morgan fingerprint density at radius 2 is 1.95 bits per heavy atom. The van der Waals surface area contributed by atoms with E-state index in [2.05, 4.69) is 13.8 Å². The van der Waals surface area contributed by atoms with Gasteiger partial charge in [0.25, 0.3) is 5.91 Å². The zero-order valence-corrected chi connectivity index (χ0v) is 10.9. The van der Waals surface area contributed by atoms with Gasteiger partial charge in [0, 0.05) is 19.2 Å². The predicted octanol–water partition coefficient (Wildman–Crippen LogP) is 2.03. The number of phenolic OH excluding ortho intramolecular Hbond substituents is 1. The van der Waals surface area contributed by atoms with Crippen molar-refractivity contribution in [1.82, 2.24) is 4.90 Å². The second kappa shape index (κ2) is 4.87. The lowest BCUT2D eigenvalue weighted by Gasteiger charge is -2.16. The van der Waals surface area contributed by atoms with E-state index in [4.69, 9.17) is 0 Å². The van der Waals surface area contributed by atoms with Crippen LogP contribution in [-0.2, 0) is 0 Å². The summed E-state index contributed by atoms with van der Waals surface area (Å²) in [5.74, 6) is -0.114. The molecular weight excluding hydrogens is 248 g/mol. The van der Waals surface area contributed by atoms with Gasteiger partial charge in [-0.15, -0.1) is 0 Å². The predicted molar refractivity (Wildman–Crippen MR) is 69.0 cm³/mol. The molecule has 1 fully saturated rings. The molecule has 1 amide bonds. The quantitative estimate of drug-likeness (QED) is 0.654. The van der Waals surface area contributed by atoms with Crippen molar-refractivity contribution in [2.75, 3.05) is 13.1 Å². The topological polar surface area (TPSA) is 83.7 Å². The van der Waals surface area contributed by atoms with Crippen molar-refractivity contribution < 1.29 is 14.8 Å². The first-order chi connectivity index (χ1) is 8.91. The highest BCUT2D eigenvalue weighted by Gasteiger charge is 2.32. The van der Waals surface area contributed by atoms with Gasteiger partial charge in [0.2, 0.25) is 5.75 Å². The summed E-state index contributed by atoms with van der Waals surface area (Å²) in [6, 6.07) is 4.01. The van der Waals surface area contributed by atoms with Gasteiger partial charge in [-0.25, -0.2) is 0 Å². The summed E-state index contributed by atoms with van der Waals surface area (Å²) in [6.07, 6.45) is 0. The van der Waals surface area contributed by atoms with Crippen LogP contribution >= 0.6 is 0 Å². The van der Waals surface area contributed by atoms with Gasteiger partial charge in [-0.3, -0.25) is 14.9 Å². The van der Waals surface area contributed by atoms with Crippen LogP contribution in [0.2, 0.25) is 0 Å². The Labute approximate surface area is 110 Å². The summed E-state index contributed by atoms with van der Waals surface area (Å²) in [7, 11) is 0. The molecule has 2 rings (SSSR count). The van der Waals surface area contributed by atoms with E-state index >= 15 is 0 Å². The maximum Gasteiger partial charge on any atom is 0.311 e. The molecule has 1 aromatic rings. The zero-order chi connectivity index (χ0) is 14.2. The minimum absolute atomic E-state index is 0.00417. The molecule has 0 saturated carbocycles. The maximum absolute atomic E-state index is 12.3. The highest BCUT2D eigenvalue weighted by molar-refractivity contribution is 5.98. The highest BCUT2D eigenvalue weighted by atomic mass is 16.6. The lowest BCUT2D eigenvalue weighted by molar-refractivity contribution is -0.385. The van der Waals surface area contributed by atoms with Gasteiger partial charge in [0.05, 0.1) is 10.5 Å². The minimum atomic E-state index is -0.693. The number of aromatic hydroxyl groups is 1. The molecule has 102 valence electrons. The SMILES string of the molecule is CC1CN(C(=O)c2cccc([N+](=O)[O-])c2O)CC1C. The van der Waals surface area contributed by atoms with Crippen LogP contribution in [-0.4, -0.2) is 33.9 Å². The van der Waals surface area contributed by atoms with Gasteiger partial charge in [0.15, 0.2) is 0 Å². The van der Waals surface area contributed by atoms with Gasteiger partial charge < -0.3 is 10.0 Å². The molecule has 0 radical (unpaired) electrons. The van der Waals surface area contributed by atoms with Crippen molar-refractivity contribution in [2.45, 2.75) is 13.8 Å². The van der Waals surface area contributed by atoms with E-state index in [1.807, 2.05) is 0 Å². The molecular formula is C13H16N2O4. The summed E-state index contributed by atoms with van der Waals surface area (Å²) in [4.78, 5) is 24.0. The minimum Gasteiger partial charge on any atom is -0.502 e. The molecule has 2 unspecified atom stereocenters. The van der Waals surface area contributed by atoms with Gasteiger partial charge in [0.1, 0.15) is 0 Å². The Kier molecular flexibility index (Phi) is 3.42. The van der Waals surface area contributed by atoms with Gasteiger partial charge in [-0.2, -0.15) is 0 Å². The number of hydrogen-bond donors (Lipinski definition) is 1. The number of benzene rings is 1. The van der Waals surface area contributed by atoms with Crippen LogP contribution in [0.25, 0.3) is 0 Å². The molecule has 1 N–H and O–H groups in total. The normalized spacial score (nSPS) is 22.5. The summed E-state index contributed by atoms with van der Waals surface area (Å²) in [6.45, 7) is 5.35. The van der Waals surface area contributed by atoms with Gasteiger partial charge in [-0.05, 0) is 17.9 Å². The molecule has 1 aromatic carbocycles. The standard InChI is InChI=1S/C13H16N2O4/c1-8-6-14(7-9(8)2)13(17)10-4-3-5-11(12(10)16)15(18)19/h3-5,8-9,16H,6-7H2,1-2H3. The highest BCUT2D eigenvalue weighted by Crippen LogP contribution is 2.32. The fraction of sp³-hybridized carbons (Fsp3) is 0.462. The van der Waals surface area contributed by atoms with E-state index in [0.717, 1.165) is 0 Å². The average molecular weight is 264 g/mol. The first kappa shape index (κ1) is 13.3. The number of carbonyl (C=O) groups is 1. The number of carbonyl (C=O) groups excluding carboxylic acids is 1. The lowest BCUT2D eigenvalue weighted by atomic mass is 10.0. The molecule has 0 aromatic heterocycles. The summed E-state index contributed by atoms with van der Waals surface area (Å²) >= 11 is 0. The second-order valence-electron chi connectivity index (χ2n) is 5.10. The summed E-state index contributed by atoms with van der Waals surface area (Å²) in [5.41, 5.74) is -0.443. The Hall–Kier alpha value is -2.11. The Morgan fingerprint density at radius 1 is 1.37 bits per heavy atom. The third kappa shape index (κ3) is 2.38. The van der Waals surface area contributed by atoms with E-state index < -0.39 is 16.4 Å². The number of rotatable bonds is 2. The molecule has 1 aliphatic heterocycles. The number of amides is 1. The molecule has 1 heterocycles. The first-order valence-electron chi connectivity index (χ1n) is 6.17. The van der Waals surface area contributed by atoms with Gasteiger partial charge in [-0.1, -0.05) is 19.9 Å². The number of likely N-dealkylation sites (tertiary alicyclic amines) is 1. The molecule has 2 atom stereocenters. The Morgan fingerprint density at radius 3 is 2.47 bits per heavy atom. The molecule has 0 bridgehead atoms. The summed E-state index contributed by atoms with van der Waals surface area (Å²) in [5, 5.41) is 20.6. The van der Waals surface area contributed by atoms with Crippen molar-refractivity contribution in [2.24, 2.45) is 11.8 Å². The van der Waals surface area contributed by atoms with Gasteiger partial charge >= 0.3 is 5.69 Å². The third-order valence-electron chi connectivity index (χ3n) is 3.72. The van der Waals surface area contributed by atoms with Crippen molar-refractivity contribution in [3.05, 3.63) is 33.9 Å². The van der Waals surface area contributed by atoms with E-state index in [1.54, 1.807) is 4.90 Å². The fourth-order valence-corrected chi connectivity index (χ4v) is 2.32. The zero-order valence-electron chi connectivity index (χ0n) is 10.9. The molecule has 19 heavy (non-hydrogen) atoms. The van der Waals surface area contributed by atoms with E-state index in [-0.39, 0.29) is 11.5 Å². The lowest BCUT2D eigenvalue weighted by Crippen LogP contribution is -2.29. The Bertz CT molecular complexity index is 519. The molecule has 0 aliphatic carbocycles. The number of hydrogen-bond acceptors (Lipinski definition) is 4. The Balaban J connectivity index is 2.30. The van der Waals surface area contributed by atoms with E-state index in [0.29, 0.717) is 24.9 Å². The molecule has 6 nitrogen and oxygen atoms in total. The first-order valence-corrected chi connectivity index (χ1v) is 6.17. The maximum atomic E-state index is 12.3. The monoisotopic (exact) mass is 264 g/mol. The van der Waals surface area contributed by atoms with Crippen LogP contribution < -0.4 is 0 Å². The number of phenols is 1. The third-order valence-corrected chi connectivity index (χ3v) is 3.72. The number of nitrogens with zero attached hydrogens (tertiary/aromatic N) is 2. The molecule has 1 aliphatic rings. The molecule has 0 spiro atoms. The van der Waals surface area contributed by atoms with E-state index in [1.165, 1.54) is 18.2 Å². The van der Waals surface area contributed by atoms with Crippen LogP contribution in [0.5, 0.6) is 5.75 Å². The number of para-hydroxylation sites is 1. The second-order valence-corrected chi connectivity index (χ2v) is 5.10. The molecule has 6 heteroatoms. The average Bonchev–Trinajstić information content (AvgIpc) is 2.69. The van der Waals surface area contributed by atoms with Crippen molar-refractivity contribution in [1.29, 1.82) is 0 Å². The smallest absolute Gasteiger partial charge is 0.311 e. The van der Waals surface area contributed by atoms with Crippen molar-refractivity contribution in [3.8, 4) is 5.75 Å². The van der Waals surface area contributed by atoms with Crippen molar-refractivity contribution in [3.63, 3.8) is 0 Å². The van der Waals surface area contributed by atoms with Crippen LogP contribution in [0.4, 0.5) is 5.69 Å². The number of nitro groups is 1. The van der Waals surface area contributed by atoms with Crippen LogP contribution in [0.3, 0.4) is 0 Å². The fourth-order valence-electron chi connectivity index (χ4n) is 2.32.